The number of aromatic nitrogens is 2. The Morgan fingerprint density at radius 1 is 1.45 bits per heavy atom. The van der Waals surface area contributed by atoms with E-state index in [1.54, 1.807) is 6.33 Å². The SMILES string of the molecule is Cc1cccc2c1ncn2N. The third-order valence-electron chi connectivity index (χ3n) is 1.81. The van der Waals surface area contributed by atoms with E-state index in [-0.39, 0.29) is 0 Å². The number of nitrogens with zero attached hydrogens (tertiary/aromatic N) is 2. The maximum absolute atomic E-state index is 5.60. The summed E-state index contributed by atoms with van der Waals surface area (Å²) < 4.78 is 1.53. The van der Waals surface area contributed by atoms with Crippen LogP contribution in [0.1, 0.15) is 5.56 Å². The lowest BCUT2D eigenvalue weighted by atomic mass is 10.2. The van der Waals surface area contributed by atoms with Gasteiger partial charge in [0.15, 0.2) is 0 Å². The Kier molecular flexibility index (Phi) is 1.12. The molecule has 0 spiro atoms. The minimum atomic E-state index is 0.977. The normalized spacial score (nSPS) is 10.6. The van der Waals surface area contributed by atoms with Crippen molar-refractivity contribution in [1.82, 2.24) is 9.66 Å². The van der Waals surface area contributed by atoms with Crippen LogP contribution in [-0.2, 0) is 0 Å². The van der Waals surface area contributed by atoms with Crippen LogP contribution in [0.25, 0.3) is 11.0 Å². The summed E-state index contributed by atoms with van der Waals surface area (Å²) in [6.07, 6.45) is 1.62. The fraction of sp³-hybridized carbons (Fsp3) is 0.125. The molecule has 0 fully saturated rings. The largest absolute Gasteiger partial charge is 0.338 e. The Morgan fingerprint density at radius 3 is 3.00 bits per heavy atom. The number of nitrogen functional groups attached to an aromatic ring is 1. The number of rotatable bonds is 0. The molecule has 0 aliphatic rings. The van der Waals surface area contributed by atoms with Crippen molar-refractivity contribution in [3.05, 3.63) is 30.1 Å². The van der Waals surface area contributed by atoms with Gasteiger partial charge in [-0.15, -0.1) is 0 Å². The first-order valence-corrected chi connectivity index (χ1v) is 3.47. The summed E-state index contributed by atoms with van der Waals surface area (Å²) in [5, 5.41) is 0. The van der Waals surface area contributed by atoms with Crippen molar-refractivity contribution >= 4 is 11.0 Å². The predicted molar refractivity (Wildman–Crippen MR) is 44.6 cm³/mol. The van der Waals surface area contributed by atoms with Gasteiger partial charge in [-0.3, -0.25) is 0 Å². The Hall–Kier alpha value is -1.51. The molecular formula is C8H9N3. The topological polar surface area (TPSA) is 43.8 Å². The zero-order valence-corrected chi connectivity index (χ0v) is 6.28. The molecule has 2 rings (SSSR count). The first-order chi connectivity index (χ1) is 5.29. The molecule has 0 aliphatic carbocycles. The lowest BCUT2D eigenvalue weighted by Gasteiger charge is -1.94. The molecule has 0 aliphatic heterocycles. The highest BCUT2D eigenvalue weighted by molar-refractivity contribution is 5.78. The molecule has 0 unspecified atom stereocenters. The zero-order valence-electron chi connectivity index (χ0n) is 6.28. The minimum Gasteiger partial charge on any atom is -0.338 e. The van der Waals surface area contributed by atoms with E-state index in [2.05, 4.69) is 4.98 Å². The van der Waals surface area contributed by atoms with E-state index in [0.717, 1.165) is 16.6 Å². The third kappa shape index (κ3) is 0.774. The van der Waals surface area contributed by atoms with Gasteiger partial charge in [-0.25, -0.2) is 9.66 Å². The number of nitrogens with two attached hydrogens (primary N) is 1. The van der Waals surface area contributed by atoms with Gasteiger partial charge in [0.1, 0.15) is 6.33 Å². The molecule has 0 bridgehead atoms. The number of benzene rings is 1. The Bertz CT molecular complexity index is 389. The predicted octanol–water partition coefficient (Wildman–Crippen LogP) is 1.06. The number of hydrogen-bond acceptors (Lipinski definition) is 2. The molecule has 1 aromatic carbocycles. The van der Waals surface area contributed by atoms with Gasteiger partial charge in [0.25, 0.3) is 0 Å². The van der Waals surface area contributed by atoms with Gasteiger partial charge < -0.3 is 5.84 Å². The lowest BCUT2D eigenvalue weighted by Crippen LogP contribution is -2.04. The average molecular weight is 147 g/mol. The zero-order chi connectivity index (χ0) is 7.84. The molecule has 56 valence electrons. The number of aryl methyl sites for hydroxylation is 1. The van der Waals surface area contributed by atoms with Crippen LogP contribution in [0, 0.1) is 6.92 Å². The quantitative estimate of drug-likeness (QED) is 0.566. The second kappa shape index (κ2) is 1.99. The highest BCUT2D eigenvalue weighted by Gasteiger charge is 2.00. The van der Waals surface area contributed by atoms with Crippen molar-refractivity contribution < 1.29 is 0 Å². The van der Waals surface area contributed by atoms with Gasteiger partial charge in [-0.1, -0.05) is 12.1 Å². The van der Waals surface area contributed by atoms with Crippen LogP contribution in [0.15, 0.2) is 24.5 Å². The molecule has 3 heteroatoms. The van der Waals surface area contributed by atoms with Gasteiger partial charge >= 0.3 is 0 Å². The smallest absolute Gasteiger partial charge is 0.115 e. The maximum atomic E-state index is 5.60. The monoisotopic (exact) mass is 147 g/mol. The molecule has 1 heterocycles. The standard InChI is InChI=1S/C8H9N3/c1-6-3-2-4-7-8(6)10-5-11(7)9/h2-5H,9H2,1H3. The molecule has 0 amide bonds. The number of imidazole rings is 1. The molecule has 11 heavy (non-hydrogen) atoms. The Labute approximate surface area is 64.4 Å². The number of para-hydroxylation sites is 1. The number of fused-ring (bicyclic) bond motifs is 1. The summed E-state index contributed by atoms with van der Waals surface area (Å²) in [6.45, 7) is 2.02. The fourth-order valence-electron chi connectivity index (χ4n) is 1.20. The van der Waals surface area contributed by atoms with Crippen molar-refractivity contribution in [2.24, 2.45) is 0 Å². The van der Waals surface area contributed by atoms with E-state index < -0.39 is 0 Å². The van der Waals surface area contributed by atoms with Crippen LogP contribution >= 0.6 is 0 Å². The van der Waals surface area contributed by atoms with E-state index in [4.69, 9.17) is 5.84 Å². The lowest BCUT2D eigenvalue weighted by molar-refractivity contribution is 1.04. The molecule has 2 N–H and O–H groups in total. The third-order valence-corrected chi connectivity index (χ3v) is 1.81. The van der Waals surface area contributed by atoms with Gasteiger partial charge in [0.2, 0.25) is 0 Å². The van der Waals surface area contributed by atoms with Crippen molar-refractivity contribution in [3.8, 4) is 0 Å². The molecule has 0 saturated carbocycles. The van der Waals surface area contributed by atoms with Crippen LogP contribution in [0.3, 0.4) is 0 Å². The number of hydrogen-bond donors (Lipinski definition) is 1. The molecule has 0 atom stereocenters. The molecule has 2 aromatic rings. The van der Waals surface area contributed by atoms with Crippen molar-refractivity contribution in [3.63, 3.8) is 0 Å². The summed E-state index contributed by atoms with van der Waals surface area (Å²) in [4.78, 5) is 4.16. The Morgan fingerprint density at radius 2 is 2.27 bits per heavy atom. The van der Waals surface area contributed by atoms with Crippen molar-refractivity contribution in [1.29, 1.82) is 0 Å². The van der Waals surface area contributed by atoms with Crippen LogP contribution in [-0.4, -0.2) is 9.66 Å². The van der Waals surface area contributed by atoms with Crippen molar-refractivity contribution in [2.45, 2.75) is 6.92 Å². The van der Waals surface area contributed by atoms with E-state index in [9.17, 15) is 0 Å². The molecule has 0 saturated heterocycles. The first kappa shape index (κ1) is 6.22. The fourth-order valence-corrected chi connectivity index (χ4v) is 1.20. The van der Waals surface area contributed by atoms with E-state index in [1.165, 1.54) is 4.68 Å². The van der Waals surface area contributed by atoms with E-state index in [1.807, 2.05) is 25.1 Å². The summed E-state index contributed by atoms with van der Waals surface area (Å²) in [6, 6.07) is 5.95. The van der Waals surface area contributed by atoms with Crippen molar-refractivity contribution in [2.75, 3.05) is 5.84 Å². The van der Waals surface area contributed by atoms with E-state index >= 15 is 0 Å². The van der Waals surface area contributed by atoms with Gasteiger partial charge in [-0.2, -0.15) is 0 Å². The van der Waals surface area contributed by atoms with Crippen LogP contribution in [0.5, 0.6) is 0 Å². The summed E-state index contributed by atoms with van der Waals surface area (Å²) in [5.41, 5.74) is 3.12. The first-order valence-electron chi connectivity index (χ1n) is 3.47. The minimum absolute atomic E-state index is 0.977. The highest BCUT2D eigenvalue weighted by atomic mass is 15.3. The van der Waals surface area contributed by atoms with Gasteiger partial charge in [0, 0.05) is 0 Å². The summed E-state index contributed by atoms with van der Waals surface area (Å²) >= 11 is 0. The maximum Gasteiger partial charge on any atom is 0.115 e. The molecular weight excluding hydrogens is 138 g/mol. The second-order valence-electron chi connectivity index (χ2n) is 2.59. The average Bonchev–Trinajstić information content (AvgIpc) is 2.35. The molecule has 0 radical (unpaired) electrons. The highest BCUT2D eigenvalue weighted by Crippen LogP contribution is 2.13. The summed E-state index contributed by atoms with van der Waals surface area (Å²) in [5.74, 6) is 5.60. The molecule has 3 nitrogen and oxygen atoms in total. The van der Waals surface area contributed by atoms with E-state index in [0.29, 0.717) is 0 Å². The second-order valence-corrected chi connectivity index (χ2v) is 2.59. The van der Waals surface area contributed by atoms with Gasteiger partial charge in [-0.05, 0) is 18.6 Å². The Balaban J connectivity index is 2.94. The van der Waals surface area contributed by atoms with Gasteiger partial charge in [0.05, 0.1) is 11.0 Å². The van der Waals surface area contributed by atoms with Crippen LogP contribution in [0.2, 0.25) is 0 Å². The summed E-state index contributed by atoms with van der Waals surface area (Å²) in [7, 11) is 0. The molecule has 1 aromatic heterocycles. The van der Waals surface area contributed by atoms with Crippen LogP contribution < -0.4 is 5.84 Å². The van der Waals surface area contributed by atoms with Crippen LogP contribution in [0.4, 0.5) is 0 Å².